The molecule has 0 unspecified atom stereocenters. The number of anilines is 1. The van der Waals surface area contributed by atoms with E-state index in [1.807, 2.05) is 0 Å². The third-order valence-electron chi connectivity index (χ3n) is 2.66. The summed E-state index contributed by atoms with van der Waals surface area (Å²) in [6, 6.07) is 10.3. The molecule has 0 atom stereocenters. The lowest BCUT2D eigenvalue weighted by atomic mass is 10.1. The number of nitro benzene ring substituents is 1. The first kappa shape index (κ1) is 14.9. The first-order chi connectivity index (χ1) is 9.99. The zero-order chi connectivity index (χ0) is 15.4. The second-order valence-electron chi connectivity index (χ2n) is 4.15. The Morgan fingerprint density at radius 1 is 1.19 bits per heavy atom. The van der Waals surface area contributed by atoms with E-state index in [9.17, 15) is 19.7 Å². The number of rotatable bonds is 4. The number of aldehydes is 1. The van der Waals surface area contributed by atoms with Crippen molar-refractivity contribution in [3.8, 4) is 0 Å². The maximum atomic E-state index is 12.1. The van der Waals surface area contributed by atoms with Crippen LogP contribution in [-0.2, 0) is 0 Å². The molecule has 2 rings (SSSR count). The Kier molecular flexibility index (Phi) is 4.44. The summed E-state index contributed by atoms with van der Waals surface area (Å²) in [5, 5.41) is 13.4. The quantitative estimate of drug-likeness (QED) is 0.520. The van der Waals surface area contributed by atoms with E-state index < -0.39 is 10.8 Å². The summed E-state index contributed by atoms with van der Waals surface area (Å²) < 4.78 is 0.443. The Morgan fingerprint density at radius 3 is 2.43 bits per heavy atom. The largest absolute Gasteiger partial charge is 0.322 e. The van der Waals surface area contributed by atoms with Gasteiger partial charge in [0.2, 0.25) is 0 Å². The van der Waals surface area contributed by atoms with Crippen molar-refractivity contribution in [3.63, 3.8) is 0 Å². The van der Waals surface area contributed by atoms with Gasteiger partial charge in [-0.05, 0) is 30.3 Å². The summed E-state index contributed by atoms with van der Waals surface area (Å²) in [5.41, 5.74) is 0.973. The Hall–Kier alpha value is -2.54. The molecule has 2 aromatic carbocycles. The number of benzene rings is 2. The second kappa shape index (κ2) is 6.27. The van der Waals surface area contributed by atoms with E-state index in [0.717, 1.165) is 0 Å². The van der Waals surface area contributed by atoms with Crippen LogP contribution in [0, 0.1) is 10.1 Å². The van der Waals surface area contributed by atoms with Gasteiger partial charge in [-0.15, -0.1) is 0 Å². The minimum atomic E-state index is -0.569. The van der Waals surface area contributed by atoms with Gasteiger partial charge in [-0.2, -0.15) is 0 Å². The van der Waals surface area contributed by atoms with Gasteiger partial charge in [-0.25, -0.2) is 0 Å². The van der Waals surface area contributed by atoms with Crippen molar-refractivity contribution < 1.29 is 14.5 Å². The predicted molar refractivity (Wildman–Crippen MR) is 80.6 cm³/mol. The fraction of sp³-hybridized carbons (Fsp3) is 0. The summed E-state index contributed by atoms with van der Waals surface area (Å²) in [6.45, 7) is 0. The molecule has 0 aliphatic carbocycles. The van der Waals surface area contributed by atoms with Gasteiger partial charge < -0.3 is 5.32 Å². The van der Waals surface area contributed by atoms with Gasteiger partial charge in [0.1, 0.15) is 6.29 Å². The van der Waals surface area contributed by atoms with Crippen LogP contribution in [0.3, 0.4) is 0 Å². The number of carbonyl (C=O) groups is 2. The highest BCUT2D eigenvalue weighted by molar-refractivity contribution is 9.10. The summed E-state index contributed by atoms with van der Waals surface area (Å²) >= 11 is 3.13. The van der Waals surface area contributed by atoms with Crippen LogP contribution in [0.4, 0.5) is 11.4 Å². The molecule has 0 saturated carbocycles. The summed E-state index contributed by atoms with van der Waals surface area (Å²) in [6.07, 6.45) is 0.698. The molecule has 0 spiro atoms. The Morgan fingerprint density at radius 2 is 1.86 bits per heavy atom. The van der Waals surface area contributed by atoms with Gasteiger partial charge in [-0.3, -0.25) is 19.7 Å². The number of halogens is 1. The van der Waals surface area contributed by atoms with Crippen molar-refractivity contribution in [1.82, 2.24) is 0 Å². The van der Waals surface area contributed by atoms with Crippen LogP contribution < -0.4 is 5.32 Å². The molecule has 0 aliphatic rings. The smallest absolute Gasteiger partial charge is 0.271 e. The summed E-state index contributed by atoms with van der Waals surface area (Å²) in [7, 11) is 0. The zero-order valence-electron chi connectivity index (χ0n) is 10.6. The zero-order valence-corrected chi connectivity index (χ0v) is 12.2. The van der Waals surface area contributed by atoms with Crippen molar-refractivity contribution in [2.75, 3.05) is 5.32 Å². The Labute approximate surface area is 128 Å². The maximum absolute atomic E-state index is 12.1. The molecule has 0 heterocycles. The molecule has 0 saturated heterocycles. The van der Waals surface area contributed by atoms with Crippen LogP contribution in [0.2, 0.25) is 0 Å². The van der Waals surface area contributed by atoms with E-state index in [2.05, 4.69) is 21.2 Å². The van der Waals surface area contributed by atoms with Crippen molar-refractivity contribution in [2.45, 2.75) is 0 Å². The third-order valence-corrected chi connectivity index (χ3v) is 3.12. The molecule has 0 fully saturated rings. The van der Waals surface area contributed by atoms with Crippen LogP contribution in [0.25, 0.3) is 0 Å². The predicted octanol–water partition coefficient (Wildman–Crippen LogP) is 3.42. The number of hydrogen-bond acceptors (Lipinski definition) is 4. The lowest BCUT2D eigenvalue weighted by Crippen LogP contribution is -2.12. The third kappa shape index (κ3) is 3.73. The Balaban J connectivity index is 2.23. The van der Waals surface area contributed by atoms with Crippen molar-refractivity contribution in [1.29, 1.82) is 0 Å². The van der Waals surface area contributed by atoms with E-state index >= 15 is 0 Å². The summed E-state index contributed by atoms with van der Waals surface area (Å²) in [5.74, 6) is -0.474. The molecule has 0 radical (unpaired) electrons. The number of nitrogens with zero attached hydrogens (tertiary/aromatic N) is 1. The minimum absolute atomic E-state index is 0.163. The number of carbonyl (C=O) groups excluding carboxylic acids is 2. The molecule has 6 nitrogen and oxygen atoms in total. The van der Waals surface area contributed by atoms with Gasteiger partial charge in [0, 0.05) is 33.4 Å². The molecule has 0 bridgehead atoms. The molecular weight excluding hydrogens is 340 g/mol. The van der Waals surface area contributed by atoms with Crippen LogP contribution in [0.15, 0.2) is 46.9 Å². The number of nitrogens with one attached hydrogen (secondary N) is 1. The highest BCUT2D eigenvalue weighted by Crippen LogP contribution is 2.22. The molecule has 21 heavy (non-hydrogen) atoms. The number of hydrogen-bond donors (Lipinski definition) is 1. The van der Waals surface area contributed by atoms with E-state index in [0.29, 0.717) is 22.0 Å². The topological polar surface area (TPSA) is 89.3 Å². The molecule has 106 valence electrons. The van der Waals surface area contributed by atoms with Gasteiger partial charge in [0.15, 0.2) is 0 Å². The first-order valence-corrected chi connectivity index (χ1v) is 6.60. The number of amides is 1. The molecule has 0 aliphatic heterocycles. The van der Waals surface area contributed by atoms with Gasteiger partial charge >= 0.3 is 0 Å². The fourth-order valence-electron chi connectivity index (χ4n) is 1.66. The normalized spacial score (nSPS) is 9.95. The molecule has 2 aromatic rings. The average Bonchev–Trinajstić information content (AvgIpc) is 2.47. The second-order valence-corrected chi connectivity index (χ2v) is 5.06. The molecule has 7 heteroatoms. The van der Waals surface area contributed by atoms with Gasteiger partial charge in [0.25, 0.3) is 11.6 Å². The highest BCUT2D eigenvalue weighted by atomic mass is 79.9. The number of nitro groups is 1. The van der Waals surface area contributed by atoms with Crippen LogP contribution >= 0.6 is 15.9 Å². The molecule has 0 aromatic heterocycles. The van der Waals surface area contributed by atoms with Crippen molar-refractivity contribution in [2.24, 2.45) is 0 Å². The molecular formula is C14H9BrN2O4. The lowest BCUT2D eigenvalue weighted by Gasteiger charge is -2.06. The maximum Gasteiger partial charge on any atom is 0.271 e. The van der Waals surface area contributed by atoms with Crippen LogP contribution in [0.5, 0.6) is 0 Å². The molecule has 1 N–H and O–H groups in total. The lowest BCUT2D eigenvalue weighted by molar-refractivity contribution is -0.384. The summed E-state index contributed by atoms with van der Waals surface area (Å²) in [4.78, 5) is 32.8. The van der Waals surface area contributed by atoms with Gasteiger partial charge in [0.05, 0.1) is 4.92 Å². The Bertz CT molecular complexity index is 713. The highest BCUT2D eigenvalue weighted by Gasteiger charge is 2.14. The van der Waals surface area contributed by atoms with Gasteiger partial charge in [-0.1, -0.05) is 15.9 Å². The van der Waals surface area contributed by atoms with E-state index in [4.69, 9.17) is 0 Å². The van der Waals surface area contributed by atoms with Crippen molar-refractivity contribution >= 4 is 39.5 Å². The van der Waals surface area contributed by atoms with Crippen LogP contribution in [0.1, 0.15) is 20.7 Å². The first-order valence-electron chi connectivity index (χ1n) is 5.81. The fourth-order valence-corrected chi connectivity index (χ4v) is 2.14. The number of non-ortho nitro benzene ring substituents is 1. The monoisotopic (exact) mass is 348 g/mol. The van der Waals surface area contributed by atoms with Crippen LogP contribution in [-0.4, -0.2) is 17.1 Å². The minimum Gasteiger partial charge on any atom is -0.322 e. The SMILES string of the molecule is O=Cc1ccc(NC(=O)c2cc(Br)cc([N+](=O)[O-])c2)cc1. The average molecular weight is 349 g/mol. The molecule has 1 amide bonds. The standard InChI is InChI=1S/C14H9BrN2O4/c15-11-5-10(6-13(7-11)17(20)21)14(19)16-12-3-1-9(8-18)2-4-12/h1-8H,(H,16,19). The van der Waals surface area contributed by atoms with E-state index in [1.165, 1.54) is 18.2 Å². The van der Waals surface area contributed by atoms with E-state index in [-0.39, 0.29) is 11.3 Å². The van der Waals surface area contributed by atoms with Crippen molar-refractivity contribution in [3.05, 3.63) is 68.2 Å². The van der Waals surface area contributed by atoms with E-state index in [1.54, 1.807) is 24.3 Å².